The number of anilines is 1. The predicted molar refractivity (Wildman–Crippen MR) is 70.5 cm³/mol. The predicted octanol–water partition coefficient (Wildman–Crippen LogP) is 2.72. The highest BCUT2D eigenvalue weighted by Crippen LogP contribution is 2.34. The molecule has 0 bridgehead atoms. The lowest BCUT2D eigenvalue weighted by Gasteiger charge is -2.41. The molecule has 0 radical (unpaired) electrons. The molecule has 1 aliphatic rings. The van der Waals surface area contributed by atoms with Crippen molar-refractivity contribution < 1.29 is 5.11 Å². The van der Waals surface area contributed by atoms with Crippen molar-refractivity contribution in [3.8, 4) is 0 Å². The van der Waals surface area contributed by atoms with Gasteiger partial charge in [0.1, 0.15) is 5.82 Å². The van der Waals surface area contributed by atoms with Crippen LogP contribution in [0.15, 0.2) is 18.3 Å². The van der Waals surface area contributed by atoms with E-state index in [1.807, 2.05) is 12.1 Å². The molecule has 0 aliphatic carbocycles. The lowest BCUT2D eigenvalue weighted by molar-refractivity contribution is 0.101. The minimum Gasteiger partial charge on any atom is -0.396 e. The van der Waals surface area contributed by atoms with Gasteiger partial charge in [-0.2, -0.15) is 0 Å². The van der Waals surface area contributed by atoms with E-state index in [1.54, 1.807) is 6.20 Å². The Morgan fingerprint density at radius 1 is 1.53 bits per heavy atom. The third-order valence-electron chi connectivity index (χ3n) is 3.78. The van der Waals surface area contributed by atoms with Gasteiger partial charge in [0.05, 0.1) is 11.6 Å². The summed E-state index contributed by atoms with van der Waals surface area (Å²) >= 11 is 5.84. The Balaban J connectivity index is 2.14. The average Bonchev–Trinajstić information content (AvgIpc) is 2.39. The summed E-state index contributed by atoms with van der Waals surface area (Å²) in [5.74, 6) is 0.959. The molecule has 1 atom stereocenters. The minimum absolute atomic E-state index is 0.0412. The number of rotatable bonds is 3. The number of hydrogen-bond acceptors (Lipinski definition) is 3. The van der Waals surface area contributed by atoms with E-state index in [0.717, 1.165) is 38.2 Å². The molecule has 1 aliphatic heterocycles. The lowest BCUT2D eigenvalue weighted by atomic mass is 9.78. The summed E-state index contributed by atoms with van der Waals surface area (Å²) in [4.78, 5) is 6.60. The molecule has 1 unspecified atom stereocenters. The molecular weight excluding hydrogens is 236 g/mol. The Bertz CT molecular complexity index is 362. The largest absolute Gasteiger partial charge is 0.396 e. The first kappa shape index (κ1) is 12.7. The van der Waals surface area contributed by atoms with Gasteiger partial charge in [-0.25, -0.2) is 4.98 Å². The average molecular weight is 255 g/mol. The fourth-order valence-corrected chi connectivity index (χ4v) is 2.60. The van der Waals surface area contributed by atoms with Gasteiger partial charge in [0.25, 0.3) is 0 Å². The Morgan fingerprint density at radius 2 is 2.35 bits per heavy atom. The molecule has 1 N–H and O–H groups in total. The summed E-state index contributed by atoms with van der Waals surface area (Å²) in [6.07, 6.45) is 4.90. The van der Waals surface area contributed by atoms with Crippen molar-refractivity contribution in [1.82, 2.24) is 4.98 Å². The third-order valence-corrected chi connectivity index (χ3v) is 4.01. The third kappa shape index (κ3) is 2.72. The first-order valence-electron chi connectivity index (χ1n) is 6.16. The topological polar surface area (TPSA) is 36.4 Å². The van der Waals surface area contributed by atoms with Gasteiger partial charge in [0, 0.05) is 24.7 Å². The molecule has 0 saturated carbocycles. The summed E-state index contributed by atoms with van der Waals surface area (Å²) in [5, 5.41) is 10.2. The van der Waals surface area contributed by atoms with Gasteiger partial charge in [0.2, 0.25) is 0 Å². The molecule has 1 aromatic heterocycles. The number of pyridine rings is 1. The van der Waals surface area contributed by atoms with Crippen LogP contribution in [0.5, 0.6) is 0 Å². The second-order valence-electron chi connectivity index (χ2n) is 4.87. The molecule has 1 fully saturated rings. The number of piperidine rings is 1. The van der Waals surface area contributed by atoms with Crippen LogP contribution < -0.4 is 4.90 Å². The van der Waals surface area contributed by atoms with E-state index in [-0.39, 0.29) is 12.0 Å². The van der Waals surface area contributed by atoms with Gasteiger partial charge >= 0.3 is 0 Å². The fraction of sp³-hybridized carbons (Fsp3) is 0.615. The molecule has 17 heavy (non-hydrogen) atoms. The van der Waals surface area contributed by atoms with Gasteiger partial charge in [-0.15, -0.1) is 0 Å². The van der Waals surface area contributed by atoms with Crippen LogP contribution in [0.3, 0.4) is 0 Å². The van der Waals surface area contributed by atoms with E-state index in [4.69, 9.17) is 11.6 Å². The van der Waals surface area contributed by atoms with Crippen molar-refractivity contribution in [2.24, 2.45) is 5.41 Å². The second kappa shape index (κ2) is 5.23. The van der Waals surface area contributed by atoms with Crippen molar-refractivity contribution in [2.75, 3.05) is 24.6 Å². The summed E-state index contributed by atoms with van der Waals surface area (Å²) in [6.45, 7) is 4.30. The fourth-order valence-electron chi connectivity index (χ4n) is 2.49. The SMILES string of the molecule is CCC1(CO)CCCN(c2ccc(Cl)cn2)C1. The highest BCUT2D eigenvalue weighted by Gasteiger charge is 2.33. The van der Waals surface area contributed by atoms with E-state index in [0.29, 0.717) is 5.02 Å². The van der Waals surface area contributed by atoms with Crippen molar-refractivity contribution in [3.05, 3.63) is 23.4 Å². The number of aromatic nitrogens is 1. The first-order valence-corrected chi connectivity index (χ1v) is 6.54. The van der Waals surface area contributed by atoms with E-state index < -0.39 is 0 Å². The zero-order chi connectivity index (χ0) is 12.3. The highest BCUT2D eigenvalue weighted by atomic mass is 35.5. The van der Waals surface area contributed by atoms with Crippen LogP contribution in [0.1, 0.15) is 26.2 Å². The Labute approximate surface area is 107 Å². The molecule has 2 rings (SSSR count). The molecule has 94 valence electrons. The number of hydrogen-bond donors (Lipinski definition) is 1. The van der Waals surface area contributed by atoms with E-state index in [9.17, 15) is 5.11 Å². The Hall–Kier alpha value is -0.800. The minimum atomic E-state index is 0.0412. The zero-order valence-corrected chi connectivity index (χ0v) is 11.0. The van der Waals surface area contributed by atoms with Gasteiger partial charge in [-0.3, -0.25) is 0 Å². The van der Waals surface area contributed by atoms with Gasteiger partial charge < -0.3 is 10.0 Å². The van der Waals surface area contributed by atoms with E-state index >= 15 is 0 Å². The van der Waals surface area contributed by atoms with Crippen LogP contribution >= 0.6 is 11.6 Å². The molecule has 0 amide bonds. The van der Waals surface area contributed by atoms with Gasteiger partial charge in [0.15, 0.2) is 0 Å². The number of aliphatic hydroxyl groups is 1. The van der Waals surface area contributed by atoms with Crippen molar-refractivity contribution in [3.63, 3.8) is 0 Å². The Kier molecular flexibility index (Phi) is 3.89. The first-order chi connectivity index (χ1) is 8.19. The number of nitrogens with zero attached hydrogens (tertiary/aromatic N) is 2. The normalized spacial score (nSPS) is 25.0. The molecule has 0 spiro atoms. The molecule has 3 nitrogen and oxygen atoms in total. The maximum Gasteiger partial charge on any atom is 0.128 e. The standard InChI is InChI=1S/C13H19ClN2O/c1-2-13(10-17)6-3-7-16(9-13)12-5-4-11(14)8-15-12/h4-5,8,17H,2-3,6-7,9-10H2,1H3. The quantitative estimate of drug-likeness (QED) is 0.901. The van der Waals surface area contributed by atoms with Crippen LogP contribution in [0.25, 0.3) is 0 Å². The van der Waals surface area contributed by atoms with Crippen molar-refractivity contribution >= 4 is 17.4 Å². The second-order valence-corrected chi connectivity index (χ2v) is 5.31. The maximum atomic E-state index is 9.58. The zero-order valence-electron chi connectivity index (χ0n) is 10.2. The summed E-state index contributed by atoms with van der Waals surface area (Å²) in [5.41, 5.74) is 0.0412. The van der Waals surface area contributed by atoms with Crippen molar-refractivity contribution in [2.45, 2.75) is 26.2 Å². The van der Waals surface area contributed by atoms with Gasteiger partial charge in [-0.1, -0.05) is 18.5 Å². The van der Waals surface area contributed by atoms with Crippen LogP contribution in [-0.4, -0.2) is 29.8 Å². The number of aliphatic hydroxyl groups excluding tert-OH is 1. The van der Waals surface area contributed by atoms with Crippen molar-refractivity contribution in [1.29, 1.82) is 0 Å². The van der Waals surface area contributed by atoms with E-state index in [2.05, 4.69) is 16.8 Å². The van der Waals surface area contributed by atoms with Gasteiger partial charge in [-0.05, 0) is 31.4 Å². The maximum absolute atomic E-state index is 9.58. The Morgan fingerprint density at radius 3 is 2.94 bits per heavy atom. The van der Waals surface area contributed by atoms with Crippen LogP contribution in [-0.2, 0) is 0 Å². The molecule has 1 aromatic rings. The number of halogens is 1. The summed E-state index contributed by atoms with van der Waals surface area (Å²) < 4.78 is 0. The lowest BCUT2D eigenvalue weighted by Crippen LogP contribution is -2.45. The van der Waals surface area contributed by atoms with Crippen LogP contribution in [0.4, 0.5) is 5.82 Å². The summed E-state index contributed by atoms with van der Waals surface area (Å²) in [7, 11) is 0. The molecule has 0 aromatic carbocycles. The molecular formula is C13H19ClN2O. The molecule has 2 heterocycles. The highest BCUT2D eigenvalue weighted by molar-refractivity contribution is 6.30. The molecule has 4 heteroatoms. The smallest absolute Gasteiger partial charge is 0.128 e. The van der Waals surface area contributed by atoms with E-state index in [1.165, 1.54) is 0 Å². The summed E-state index contributed by atoms with van der Waals surface area (Å²) in [6, 6.07) is 3.82. The monoisotopic (exact) mass is 254 g/mol. The molecule has 1 saturated heterocycles. The van der Waals surface area contributed by atoms with Crippen LogP contribution in [0, 0.1) is 5.41 Å². The van der Waals surface area contributed by atoms with Crippen LogP contribution in [0.2, 0.25) is 5.02 Å².